The third-order valence-corrected chi connectivity index (χ3v) is 10.1. The number of hydrogen-bond donors (Lipinski definition) is 1. The lowest BCUT2D eigenvalue weighted by Crippen LogP contribution is -2.65. The fourth-order valence-corrected chi connectivity index (χ4v) is 7.32. The van der Waals surface area contributed by atoms with Crippen LogP contribution in [0.5, 0.6) is 5.75 Å². The highest BCUT2D eigenvalue weighted by Gasteiger charge is 2.57. The van der Waals surface area contributed by atoms with Crippen LogP contribution < -0.4 is 14.4 Å². The van der Waals surface area contributed by atoms with Crippen LogP contribution in [-0.2, 0) is 31.4 Å². The van der Waals surface area contributed by atoms with Gasteiger partial charge in [-0.05, 0) is 63.8 Å². The first-order valence-electron chi connectivity index (χ1n) is 12.8. The van der Waals surface area contributed by atoms with Crippen LogP contribution in [0, 0.1) is 5.92 Å². The molecule has 1 saturated heterocycles. The fourth-order valence-electron chi connectivity index (χ4n) is 4.14. The maximum absolute atomic E-state index is 14.3. The second-order valence-electron chi connectivity index (χ2n) is 11.1. The molecule has 0 bridgehead atoms. The third kappa shape index (κ3) is 6.13. The van der Waals surface area contributed by atoms with Crippen LogP contribution in [0.4, 0.5) is 10.5 Å². The van der Waals surface area contributed by atoms with Crippen LogP contribution in [0.15, 0.2) is 41.6 Å². The minimum absolute atomic E-state index is 0.00924. The maximum atomic E-state index is 14.3. The number of amides is 1. The Bertz CT molecular complexity index is 1390. The maximum Gasteiger partial charge on any atom is 0.414 e. The van der Waals surface area contributed by atoms with Gasteiger partial charge < -0.3 is 14.4 Å². The minimum Gasteiger partial charge on any atom is -0.463 e. The number of aryl methyl sites for hydroxylation is 1. The Balaban J connectivity index is 1.84. The second-order valence-corrected chi connectivity index (χ2v) is 14.0. The summed E-state index contributed by atoms with van der Waals surface area (Å²) in [4.78, 5) is 41.2. The van der Waals surface area contributed by atoms with Gasteiger partial charge in [0.05, 0.1) is 18.5 Å². The highest BCUT2D eigenvalue weighted by Crippen LogP contribution is 2.39. The number of nitrogens with one attached hydrogen (secondary N) is 1. The van der Waals surface area contributed by atoms with Crippen LogP contribution in [0.2, 0.25) is 0 Å². The molecule has 2 fully saturated rings. The predicted molar refractivity (Wildman–Crippen MR) is 150 cm³/mol. The van der Waals surface area contributed by atoms with Gasteiger partial charge in [0.2, 0.25) is 5.54 Å². The zero-order valence-electron chi connectivity index (χ0n) is 23.4. The number of carbonyl (C=O) groups is 3. The van der Waals surface area contributed by atoms with Crippen molar-refractivity contribution in [2.24, 2.45) is 13.0 Å². The number of esters is 1. The SMILES string of the molecule is CN(C)C(=O)Oc1ccc(N([C@@](C)(C(=O)OCC2CC2)C(=O)[C@H]2NC(C)(C)CS2)S(=O)(=O)c2cnn(C)c2)cc1. The quantitative estimate of drug-likeness (QED) is 0.323. The van der Waals surface area contributed by atoms with E-state index in [9.17, 15) is 22.8 Å². The van der Waals surface area contributed by atoms with Crippen molar-refractivity contribution in [2.45, 2.75) is 55.0 Å². The van der Waals surface area contributed by atoms with Crippen molar-refractivity contribution in [3.8, 4) is 5.75 Å². The van der Waals surface area contributed by atoms with E-state index in [1.165, 1.54) is 72.8 Å². The number of rotatable bonds is 10. The van der Waals surface area contributed by atoms with Crippen molar-refractivity contribution in [1.29, 1.82) is 0 Å². The summed E-state index contributed by atoms with van der Waals surface area (Å²) >= 11 is 1.31. The van der Waals surface area contributed by atoms with E-state index < -0.39 is 44.3 Å². The van der Waals surface area contributed by atoms with Gasteiger partial charge in [-0.3, -0.25) is 14.8 Å². The molecule has 2 heterocycles. The van der Waals surface area contributed by atoms with E-state index in [0.717, 1.165) is 23.3 Å². The van der Waals surface area contributed by atoms with Crippen LogP contribution in [0.3, 0.4) is 0 Å². The molecule has 40 heavy (non-hydrogen) atoms. The molecule has 218 valence electrons. The molecule has 14 heteroatoms. The fraction of sp³-hybridized carbons (Fsp3) is 0.538. The first kappa shape index (κ1) is 29.9. The second kappa shape index (κ2) is 11.1. The lowest BCUT2D eigenvalue weighted by atomic mass is 9.94. The van der Waals surface area contributed by atoms with E-state index in [2.05, 4.69) is 10.4 Å². The summed E-state index contributed by atoms with van der Waals surface area (Å²) in [5.41, 5.74) is -2.68. The molecule has 0 spiro atoms. The Morgan fingerprint density at radius 1 is 1.20 bits per heavy atom. The number of anilines is 1. The normalized spacial score (nSPS) is 19.9. The molecule has 1 N–H and O–H groups in total. The number of ether oxygens (including phenoxy) is 2. The number of sulfonamides is 1. The molecule has 1 aromatic heterocycles. The molecule has 2 aromatic rings. The van der Waals surface area contributed by atoms with Crippen molar-refractivity contribution in [1.82, 2.24) is 20.0 Å². The van der Waals surface area contributed by atoms with E-state index in [-0.39, 0.29) is 28.9 Å². The van der Waals surface area contributed by atoms with Crippen molar-refractivity contribution in [2.75, 3.05) is 30.8 Å². The minimum atomic E-state index is -4.54. The zero-order valence-corrected chi connectivity index (χ0v) is 25.0. The van der Waals surface area contributed by atoms with Crippen molar-refractivity contribution in [3.05, 3.63) is 36.7 Å². The molecule has 4 rings (SSSR count). The van der Waals surface area contributed by atoms with E-state index in [4.69, 9.17) is 9.47 Å². The molecule has 1 saturated carbocycles. The van der Waals surface area contributed by atoms with Gasteiger partial charge in [-0.1, -0.05) is 0 Å². The summed E-state index contributed by atoms with van der Waals surface area (Å²) in [5, 5.41) is 6.34. The topological polar surface area (TPSA) is 140 Å². The Morgan fingerprint density at radius 2 is 1.85 bits per heavy atom. The number of nitrogens with zero attached hydrogens (tertiary/aromatic N) is 4. The van der Waals surface area contributed by atoms with E-state index in [0.29, 0.717) is 5.75 Å². The number of hydrogen-bond acceptors (Lipinski definition) is 10. The lowest BCUT2D eigenvalue weighted by molar-refractivity contribution is -0.153. The molecular weight excluding hydrogens is 558 g/mol. The van der Waals surface area contributed by atoms with Gasteiger partial charge >= 0.3 is 12.1 Å². The van der Waals surface area contributed by atoms with Crippen LogP contribution in [0.25, 0.3) is 0 Å². The molecule has 1 aliphatic heterocycles. The van der Waals surface area contributed by atoms with Crippen molar-refractivity contribution in [3.63, 3.8) is 0 Å². The Labute approximate surface area is 238 Å². The molecule has 2 atom stereocenters. The number of carbonyl (C=O) groups excluding carboxylic acids is 3. The summed E-state index contributed by atoms with van der Waals surface area (Å²) in [6.07, 6.45) is 3.63. The highest BCUT2D eigenvalue weighted by molar-refractivity contribution is 8.01. The third-order valence-electron chi connectivity index (χ3n) is 6.66. The largest absolute Gasteiger partial charge is 0.463 e. The average Bonchev–Trinajstić information content (AvgIpc) is 3.50. The first-order chi connectivity index (χ1) is 18.6. The number of aromatic nitrogens is 2. The predicted octanol–water partition coefficient (Wildman–Crippen LogP) is 2.40. The highest BCUT2D eigenvalue weighted by atomic mass is 32.2. The van der Waals surface area contributed by atoms with E-state index >= 15 is 0 Å². The van der Waals surface area contributed by atoms with Crippen LogP contribution in [-0.4, -0.2) is 83.9 Å². The smallest absolute Gasteiger partial charge is 0.414 e. The summed E-state index contributed by atoms with van der Waals surface area (Å²) in [7, 11) is 0.0806. The van der Waals surface area contributed by atoms with Crippen molar-refractivity contribution < 1.29 is 32.3 Å². The Morgan fingerprint density at radius 3 is 2.35 bits per heavy atom. The number of Topliss-reactive ketones (excluding diaryl/α,β-unsaturated/α-hetero) is 1. The molecule has 1 aliphatic carbocycles. The van der Waals surface area contributed by atoms with Gasteiger partial charge in [-0.15, -0.1) is 11.8 Å². The molecule has 0 radical (unpaired) electrons. The number of benzene rings is 1. The molecule has 0 unspecified atom stereocenters. The van der Waals surface area contributed by atoms with Gasteiger partial charge in [0.25, 0.3) is 10.0 Å². The molecule has 2 aliphatic rings. The molecule has 1 aromatic carbocycles. The molecule has 12 nitrogen and oxygen atoms in total. The molecule has 1 amide bonds. The lowest BCUT2D eigenvalue weighted by Gasteiger charge is -2.39. The number of ketones is 1. The van der Waals surface area contributed by atoms with Gasteiger partial charge in [-0.2, -0.15) is 5.10 Å². The van der Waals surface area contributed by atoms with E-state index in [1.54, 1.807) is 7.05 Å². The van der Waals surface area contributed by atoms with Crippen LogP contribution in [0.1, 0.15) is 33.6 Å². The van der Waals surface area contributed by atoms with Gasteiger partial charge in [0.1, 0.15) is 16.0 Å². The van der Waals surface area contributed by atoms with E-state index in [1.807, 2.05) is 13.8 Å². The summed E-state index contributed by atoms with van der Waals surface area (Å²) < 4.78 is 41.5. The number of thioether (sulfide) groups is 1. The van der Waals surface area contributed by atoms with Gasteiger partial charge in [0, 0.05) is 38.6 Å². The Hall–Kier alpha value is -3.10. The summed E-state index contributed by atoms with van der Waals surface area (Å²) in [6.45, 7) is 5.23. The Kier molecular flexibility index (Phi) is 8.25. The monoisotopic (exact) mass is 593 g/mol. The average molecular weight is 594 g/mol. The standard InChI is InChI=1S/C26H35N5O7S2/c1-25(2)16-39-22(28-25)21(32)26(3,23(33)37-15-17-7-8-17)31(40(35,36)20-13-27-30(6)14-20)18-9-11-19(12-10-18)38-24(34)29(4)5/h9-14,17,22,28H,7-8,15-16H2,1-6H3/t22-,26+/m0/s1. The van der Waals surface area contributed by atoms with Gasteiger partial charge in [-0.25, -0.2) is 22.3 Å². The van der Waals surface area contributed by atoms with Gasteiger partial charge in [0.15, 0.2) is 5.78 Å². The van der Waals surface area contributed by atoms with Crippen molar-refractivity contribution >= 4 is 45.3 Å². The summed E-state index contributed by atoms with van der Waals surface area (Å²) in [6, 6.07) is 5.55. The first-order valence-corrected chi connectivity index (χ1v) is 15.3. The molecular formula is C26H35N5O7S2. The zero-order chi connectivity index (χ0) is 29.5. The summed E-state index contributed by atoms with van der Waals surface area (Å²) in [5.74, 6) is -0.695. The van der Waals surface area contributed by atoms with Crippen LogP contribution >= 0.6 is 11.8 Å².